The number of nitrogens with zero attached hydrogens (tertiary/aromatic N) is 5. The molecule has 1 aromatic carbocycles. The number of anilines is 1. The monoisotopic (exact) mass is 285 g/mol. The largest absolute Gasteiger partial charge is 0.476 e. The summed E-state index contributed by atoms with van der Waals surface area (Å²) in [4.78, 5) is 24.1. The van der Waals surface area contributed by atoms with Crippen molar-refractivity contribution in [2.75, 3.05) is 11.9 Å². The molecule has 8 heteroatoms. The molecule has 0 radical (unpaired) electrons. The van der Waals surface area contributed by atoms with Crippen LogP contribution < -0.4 is 4.90 Å². The van der Waals surface area contributed by atoms with Gasteiger partial charge in [-0.15, -0.1) is 5.10 Å². The lowest BCUT2D eigenvalue weighted by atomic mass is 10.2. The number of carbonyl (C=O) groups is 2. The van der Waals surface area contributed by atoms with Gasteiger partial charge in [0.15, 0.2) is 5.69 Å². The molecule has 0 aliphatic rings. The van der Waals surface area contributed by atoms with E-state index in [9.17, 15) is 9.59 Å². The van der Waals surface area contributed by atoms with Crippen LogP contribution in [0.1, 0.15) is 16.1 Å². The van der Waals surface area contributed by atoms with Crippen LogP contribution in [0.15, 0.2) is 30.5 Å². The van der Waals surface area contributed by atoms with Crippen molar-refractivity contribution in [1.29, 1.82) is 5.26 Å². The van der Waals surface area contributed by atoms with Crippen molar-refractivity contribution in [3.63, 3.8) is 0 Å². The molecule has 1 aromatic heterocycles. The molecule has 0 unspecified atom stereocenters. The number of hydrogen-bond donors (Lipinski definition) is 1. The minimum Gasteiger partial charge on any atom is -0.476 e. The molecule has 0 atom stereocenters. The van der Waals surface area contributed by atoms with Gasteiger partial charge in [0.05, 0.1) is 17.8 Å². The molecule has 0 spiro atoms. The number of aromatic carboxylic acids is 1. The number of benzene rings is 1. The van der Waals surface area contributed by atoms with E-state index in [-0.39, 0.29) is 18.1 Å². The molecule has 21 heavy (non-hydrogen) atoms. The number of carboxylic acids is 1. The first-order valence-electron chi connectivity index (χ1n) is 5.91. The second-order valence-electron chi connectivity index (χ2n) is 4.22. The van der Waals surface area contributed by atoms with E-state index >= 15 is 0 Å². The van der Waals surface area contributed by atoms with Crippen LogP contribution >= 0.6 is 0 Å². The Labute approximate surface area is 119 Å². The maximum atomic E-state index is 12.1. The summed E-state index contributed by atoms with van der Waals surface area (Å²) < 4.78 is 1.15. The van der Waals surface area contributed by atoms with Gasteiger partial charge in [0, 0.05) is 12.7 Å². The van der Waals surface area contributed by atoms with Gasteiger partial charge >= 0.3 is 5.97 Å². The van der Waals surface area contributed by atoms with Crippen molar-refractivity contribution >= 4 is 17.6 Å². The Bertz CT molecular complexity index is 731. The number of rotatable bonds is 4. The highest BCUT2D eigenvalue weighted by molar-refractivity contribution is 5.92. The van der Waals surface area contributed by atoms with Crippen molar-refractivity contribution in [2.45, 2.75) is 6.54 Å². The van der Waals surface area contributed by atoms with E-state index in [0.29, 0.717) is 11.3 Å². The smallest absolute Gasteiger partial charge is 0.358 e. The van der Waals surface area contributed by atoms with E-state index in [2.05, 4.69) is 10.3 Å². The SMILES string of the molecule is CN(C(=O)Cn1cc(C(=O)O)nn1)c1cccc(C#N)c1. The molecule has 0 saturated heterocycles. The lowest BCUT2D eigenvalue weighted by Crippen LogP contribution is -2.30. The normalized spacial score (nSPS) is 9.90. The summed E-state index contributed by atoms with van der Waals surface area (Å²) in [5.74, 6) is -1.52. The summed E-state index contributed by atoms with van der Waals surface area (Å²) in [7, 11) is 1.56. The highest BCUT2D eigenvalue weighted by Crippen LogP contribution is 2.14. The fraction of sp³-hybridized carbons (Fsp3) is 0.154. The van der Waals surface area contributed by atoms with E-state index in [0.717, 1.165) is 4.68 Å². The number of amides is 1. The number of carbonyl (C=O) groups excluding carboxylic acids is 1. The summed E-state index contributed by atoms with van der Waals surface area (Å²) in [6, 6.07) is 8.59. The van der Waals surface area contributed by atoms with Crippen molar-refractivity contribution in [1.82, 2.24) is 15.0 Å². The van der Waals surface area contributed by atoms with Crippen molar-refractivity contribution in [3.05, 3.63) is 41.7 Å². The Hall–Kier alpha value is -3.21. The van der Waals surface area contributed by atoms with Crippen LogP contribution in [-0.2, 0) is 11.3 Å². The van der Waals surface area contributed by atoms with Crippen molar-refractivity contribution in [2.24, 2.45) is 0 Å². The molecule has 8 nitrogen and oxygen atoms in total. The Morgan fingerprint density at radius 2 is 2.24 bits per heavy atom. The summed E-state index contributed by atoms with van der Waals surface area (Å²) in [5.41, 5.74) is 0.788. The number of likely N-dealkylation sites (N-methyl/N-ethyl adjacent to an activating group) is 1. The molecule has 0 saturated carbocycles. The zero-order valence-electron chi connectivity index (χ0n) is 11.1. The van der Waals surface area contributed by atoms with Crippen LogP contribution in [0.4, 0.5) is 5.69 Å². The number of nitriles is 1. The molecule has 2 aromatic rings. The Kier molecular flexibility index (Phi) is 3.95. The van der Waals surface area contributed by atoms with Crippen LogP contribution in [0.5, 0.6) is 0 Å². The van der Waals surface area contributed by atoms with Gasteiger partial charge in [-0.3, -0.25) is 4.79 Å². The molecule has 0 aliphatic carbocycles. The maximum absolute atomic E-state index is 12.1. The molecule has 0 aliphatic heterocycles. The zero-order chi connectivity index (χ0) is 15.4. The van der Waals surface area contributed by atoms with E-state index < -0.39 is 5.97 Å². The predicted molar refractivity (Wildman–Crippen MR) is 71.5 cm³/mol. The quantitative estimate of drug-likeness (QED) is 0.875. The lowest BCUT2D eigenvalue weighted by molar-refractivity contribution is -0.119. The van der Waals surface area contributed by atoms with Crippen LogP contribution in [0.2, 0.25) is 0 Å². The summed E-state index contributed by atoms with van der Waals surface area (Å²) in [6.45, 7) is -0.145. The molecule has 2 rings (SSSR count). The molecule has 1 heterocycles. The van der Waals surface area contributed by atoms with E-state index in [1.54, 1.807) is 31.3 Å². The van der Waals surface area contributed by atoms with E-state index in [1.165, 1.54) is 11.1 Å². The Morgan fingerprint density at radius 3 is 2.86 bits per heavy atom. The van der Waals surface area contributed by atoms with E-state index in [4.69, 9.17) is 10.4 Å². The standard InChI is InChI=1S/C13H11N5O3/c1-17(10-4-2-3-9(5-10)6-14)12(19)8-18-7-11(13(20)21)15-16-18/h2-5,7H,8H2,1H3,(H,20,21). The first-order valence-corrected chi connectivity index (χ1v) is 5.91. The maximum Gasteiger partial charge on any atom is 0.358 e. The number of hydrogen-bond acceptors (Lipinski definition) is 5. The van der Waals surface area contributed by atoms with Gasteiger partial charge in [0.2, 0.25) is 5.91 Å². The lowest BCUT2D eigenvalue weighted by Gasteiger charge is -2.17. The van der Waals surface area contributed by atoms with Crippen LogP contribution in [0.3, 0.4) is 0 Å². The molecular formula is C13H11N5O3. The molecular weight excluding hydrogens is 274 g/mol. The third-order valence-electron chi connectivity index (χ3n) is 2.79. The third kappa shape index (κ3) is 3.22. The van der Waals surface area contributed by atoms with Crippen LogP contribution in [0.25, 0.3) is 0 Å². The third-order valence-corrected chi connectivity index (χ3v) is 2.79. The van der Waals surface area contributed by atoms with E-state index in [1.807, 2.05) is 6.07 Å². The summed E-state index contributed by atoms with van der Waals surface area (Å²) in [5, 5.41) is 24.6. The number of aromatic nitrogens is 3. The zero-order valence-corrected chi connectivity index (χ0v) is 11.1. The first kappa shape index (κ1) is 14.2. The Balaban J connectivity index is 2.11. The van der Waals surface area contributed by atoms with Gasteiger partial charge < -0.3 is 10.0 Å². The highest BCUT2D eigenvalue weighted by Gasteiger charge is 2.15. The average molecular weight is 285 g/mol. The van der Waals surface area contributed by atoms with Gasteiger partial charge in [0.1, 0.15) is 6.54 Å². The second-order valence-corrected chi connectivity index (χ2v) is 4.22. The fourth-order valence-corrected chi connectivity index (χ4v) is 1.65. The van der Waals surface area contributed by atoms with Gasteiger partial charge in [-0.2, -0.15) is 5.26 Å². The Morgan fingerprint density at radius 1 is 1.48 bits per heavy atom. The minimum absolute atomic E-state index is 0.145. The minimum atomic E-state index is -1.20. The average Bonchev–Trinajstić information content (AvgIpc) is 2.95. The highest BCUT2D eigenvalue weighted by atomic mass is 16.4. The van der Waals surface area contributed by atoms with Gasteiger partial charge in [-0.1, -0.05) is 11.3 Å². The fourth-order valence-electron chi connectivity index (χ4n) is 1.65. The van der Waals surface area contributed by atoms with Gasteiger partial charge in [-0.05, 0) is 18.2 Å². The molecule has 1 N–H and O–H groups in total. The van der Waals surface area contributed by atoms with Crippen LogP contribution in [-0.4, -0.2) is 39.0 Å². The second kappa shape index (κ2) is 5.83. The number of carboxylic acid groups (broad SMARTS) is 1. The van der Waals surface area contributed by atoms with Crippen molar-refractivity contribution in [3.8, 4) is 6.07 Å². The van der Waals surface area contributed by atoms with Crippen molar-refractivity contribution < 1.29 is 14.7 Å². The molecule has 0 bridgehead atoms. The topological polar surface area (TPSA) is 112 Å². The summed E-state index contributed by atoms with van der Waals surface area (Å²) >= 11 is 0. The van der Waals surface area contributed by atoms with Gasteiger partial charge in [-0.25, -0.2) is 9.48 Å². The predicted octanol–water partition coefficient (Wildman–Crippen LogP) is 0.511. The van der Waals surface area contributed by atoms with Gasteiger partial charge in [0.25, 0.3) is 0 Å². The summed E-state index contributed by atoms with van der Waals surface area (Å²) in [6.07, 6.45) is 1.18. The molecule has 0 fully saturated rings. The molecule has 106 valence electrons. The first-order chi connectivity index (χ1) is 10.0. The molecule has 1 amide bonds. The van der Waals surface area contributed by atoms with Crippen LogP contribution in [0, 0.1) is 11.3 Å².